The summed E-state index contributed by atoms with van der Waals surface area (Å²) in [6, 6.07) is 11.8. The maximum absolute atomic E-state index is 13.9. The van der Waals surface area contributed by atoms with Crippen LogP contribution in [0.3, 0.4) is 0 Å². The van der Waals surface area contributed by atoms with Crippen LogP contribution >= 0.6 is 23.2 Å². The smallest absolute Gasteiger partial charge is 0.322 e. The number of carbonyl (C=O) groups excluding carboxylic acids is 1. The van der Waals surface area contributed by atoms with Crippen molar-refractivity contribution in [1.82, 2.24) is 4.90 Å². The van der Waals surface area contributed by atoms with Gasteiger partial charge >= 0.3 is 6.03 Å². The van der Waals surface area contributed by atoms with Crippen LogP contribution in [0.2, 0.25) is 10.0 Å². The van der Waals surface area contributed by atoms with E-state index in [1.54, 1.807) is 11.0 Å². The molecule has 3 rings (SSSR count). The molecule has 1 heterocycles. The Bertz CT molecular complexity index is 748. The summed E-state index contributed by atoms with van der Waals surface area (Å²) in [5, 5.41) is 3.24. The first-order valence-electron chi connectivity index (χ1n) is 7.55. The van der Waals surface area contributed by atoms with E-state index >= 15 is 0 Å². The summed E-state index contributed by atoms with van der Waals surface area (Å²) in [6.45, 7) is 2.46. The third-order valence-corrected chi connectivity index (χ3v) is 4.46. The number of anilines is 2. The lowest BCUT2D eigenvalue weighted by Crippen LogP contribution is -2.50. The molecular weight excluding hydrogens is 352 g/mol. The number of benzene rings is 2. The van der Waals surface area contributed by atoms with Crippen LogP contribution in [0.1, 0.15) is 0 Å². The van der Waals surface area contributed by atoms with Crippen LogP contribution in [0.25, 0.3) is 0 Å². The maximum Gasteiger partial charge on any atom is 0.322 e. The molecule has 24 heavy (non-hydrogen) atoms. The highest BCUT2D eigenvalue weighted by Crippen LogP contribution is 2.23. The molecule has 1 aliphatic rings. The highest BCUT2D eigenvalue weighted by Gasteiger charge is 2.22. The minimum absolute atomic E-state index is 0.0152. The van der Waals surface area contributed by atoms with Gasteiger partial charge in [0.1, 0.15) is 0 Å². The van der Waals surface area contributed by atoms with E-state index in [2.05, 4.69) is 10.2 Å². The van der Waals surface area contributed by atoms with Crippen molar-refractivity contribution in [3.8, 4) is 0 Å². The molecule has 0 radical (unpaired) electrons. The predicted molar refractivity (Wildman–Crippen MR) is 95.7 cm³/mol. The third kappa shape index (κ3) is 3.74. The van der Waals surface area contributed by atoms with Crippen molar-refractivity contribution >= 4 is 40.6 Å². The van der Waals surface area contributed by atoms with Crippen LogP contribution in [-0.2, 0) is 0 Å². The zero-order valence-corrected chi connectivity index (χ0v) is 14.3. The number of amides is 2. The van der Waals surface area contributed by atoms with E-state index < -0.39 is 5.82 Å². The van der Waals surface area contributed by atoms with Gasteiger partial charge in [-0.1, -0.05) is 35.3 Å². The predicted octanol–water partition coefficient (Wildman–Crippen LogP) is 4.49. The molecule has 0 bridgehead atoms. The summed E-state index contributed by atoms with van der Waals surface area (Å²) >= 11 is 11.7. The SMILES string of the molecule is O=C(Nc1cccc(Cl)c1F)N1CCN(c2cccc(Cl)c2)CC1. The van der Waals surface area contributed by atoms with Gasteiger partial charge in [0.05, 0.1) is 10.7 Å². The van der Waals surface area contributed by atoms with Crippen LogP contribution in [0.4, 0.5) is 20.6 Å². The number of carbonyl (C=O) groups is 1. The van der Waals surface area contributed by atoms with Crippen molar-refractivity contribution in [2.45, 2.75) is 0 Å². The molecule has 0 aliphatic carbocycles. The molecule has 0 atom stereocenters. The number of halogens is 3. The first-order chi connectivity index (χ1) is 11.5. The topological polar surface area (TPSA) is 35.6 Å². The Balaban J connectivity index is 1.60. The molecule has 2 aromatic carbocycles. The summed E-state index contributed by atoms with van der Waals surface area (Å²) in [4.78, 5) is 16.1. The Kier molecular flexibility index (Phi) is 5.11. The van der Waals surface area contributed by atoms with Crippen molar-refractivity contribution in [3.63, 3.8) is 0 Å². The van der Waals surface area contributed by atoms with Crippen molar-refractivity contribution in [3.05, 3.63) is 58.3 Å². The molecule has 4 nitrogen and oxygen atoms in total. The molecule has 0 spiro atoms. The highest BCUT2D eigenvalue weighted by molar-refractivity contribution is 6.31. The number of nitrogens with zero attached hydrogens (tertiary/aromatic N) is 2. The number of hydrogen-bond donors (Lipinski definition) is 1. The average molecular weight is 368 g/mol. The van der Waals surface area contributed by atoms with Gasteiger partial charge in [0.2, 0.25) is 0 Å². The largest absolute Gasteiger partial charge is 0.368 e. The number of rotatable bonds is 2. The molecule has 0 aromatic heterocycles. The fourth-order valence-electron chi connectivity index (χ4n) is 2.64. The van der Waals surface area contributed by atoms with Gasteiger partial charge in [0.25, 0.3) is 0 Å². The molecule has 0 unspecified atom stereocenters. The lowest BCUT2D eigenvalue weighted by molar-refractivity contribution is 0.208. The fraction of sp³-hybridized carbons (Fsp3) is 0.235. The second kappa shape index (κ2) is 7.28. The van der Waals surface area contributed by atoms with Crippen LogP contribution in [0.5, 0.6) is 0 Å². The summed E-state index contributed by atoms with van der Waals surface area (Å²) in [6.07, 6.45) is 0. The molecule has 2 amide bonds. The van der Waals surface area contributed by atoms with E-state index in [1.807, 2.05) is 24.3 Å². The van der Waals surface area contributed by atoms with Crippen molar-refractivity contribution in [1.29, 1.82) is 0 Å². The zero-order valence-electron chi connectivity index (χ0n) is 12.8. The van der Waals surface area contributed by atoms with Gasteiger partial charge in [-0.05, 0) is 30.3 Å². The van der Waals surface area contributed by atoms with E-state index in [0.29, 0.717) is 31.2 Å². The number of piperazine rings is 1. The molecule has 1 fully saturated rings. The lowest BCUT2D eigenvalue weighted by Gasteiger charge is -2.36. The zero-order chi connectivity index (χ0) is 17.1. The molecule has 1 saturated heterocycles. The number of hydrogen-bond acceptors (Lipinski definition) is 2. The van der Waals surface area contributed by atoms with E-state index in [0.717, 1.165) is 5.69 Å². The van der Waals surface area contributed by atoms with E-state index in [-0.39, 0.29) is 16.7 Å². The van der Waals surface area contributed by atoms with E-state index in [1.165, 1.54) is 12.1 Å². The van der Waals surface area contributed by atoms with Gasteiger partial charge < -0.3 is 15.1 Å². The fourth-order valence-corrected chi connectivity index (χ4v) is 2.99. The van der Waals surface area contributed by atoms with Gasteiger partial charge in [-0.25, -0.2) is 9.18 Å². The van der Waals surface area contributed by atoms with Crippen LogP contribution in [0.15, 0.2) is 42.5 Å². The van der Waals surface area contributed by atoms with E-state index in [4.69, 9.17) is 23.2 Å². The first-order valence-corrected chi connectivity index (χ1v) is 8.30. The van der Waals surface area contributed by atoms with E-state index in [9.17, 15) is 9.18 Å². The highest BCUT2D eigenvalue weighted by atomic mass is 35.5. The van der Waals surface area contributed by atoms with Crippen LogP contribution < -0.4 is 10.2 Å². The molecule has 126 valence electrons. The number of nitrogens with one attached hydrogen (secondary N) is 1. The Labute approximate surface area is 149 Å². The minimum atomic E-state index is -0.620. The summed E-state index contributed by atoms with van der Waals surface area (Å²) in [5.74, 6) is -0.620. The van der Waals surface area contributed by atoms with Crippen LogP contribution in [0, 0.1) is 5.82 Å². The molecule has 1 N–H and O–H groups in total. The maximum atomic E-state index is 13.9. The Morgan fingerprint density at radius 2 is 1.75 bits per heavy atom. The van der Waals surface area contributed by atoms with Gasteiger partial charge in [0, 0.05) is 36.9 Å². The Morgan fingerprint density at radius 3 is 2.46 bits per heavy atom. The molecule has 2 aromatic rings. The Hall–Kier alpha value is -1.98. The minimum Gasteiger partial charge on any atom is -0.368 e. The van der Waals surface area contributed by atoms with Gasteiger partial charge in [0.15, 0.2) is 5.82 Å². The van der Waals surface area contributed by atoms with Gasteiger partial charge in [-0.15, -0.1) is 0 Å². The Morgan fingerprint density at radius 1 is 1.04 bits per heavy atom. The molecule has 1 aliphatic heterocycles. The second-order valence-electron chi connectivity index (χ2n) is 5.49. The second-order valence-corrected chi connectivity index (χ2v) is 6.33. The monoisotopic (exact) mass is 367 g/mol. The van der Waals surface area contributed by atoms with Crippen molar-refractivity contribution in [2.24, 2.45) is 0 Å². The summed E-state index contributed by atoms with van der Waals surface area (Å²) < 4.78 is 13.9. The normalized spacial score (nSPS) is 14.6. The molecule has 7 heteroatoms. The van der Waals surface area contributed by atoms with Gasteiger partial charge in [-0.3, -0.25) is 0 Å². The van der Waals surface area contributed by atoms with Crippen molar-refractivity contribution < 1.29 is 9.18 Å². The standard InChI is InChI=1S/C17H16Cl2FN3O/c18-12-3-1-4-13(11-12)22-7-9-23(10-8-22)17(24)21-15-6-2-5-14(19)16(15)20/h1-6,11H,7-10H2,(H,21,24). The average Bonchev–Trinajstić information content (AvgIpc) is 2.59. The summed E-state index contributed by atoms with van der Waals surface area (Å²) in [7, 11) is 0. The van der Waals surface area contributed by atoms with Crippen molar-refractivity contribution in [2.75, 3.05) is 36.4 Å². The molecule has 0 saturated carbocycles. The molecular formula is C17H16Cl2FN3O. The first kappa shape index (κ1) is 16.9. The summed E-state index contributed by atoms with van der Waals surface area (Å²) in [5.41, 5.74) is 1.12. The third-order valence-electron chi connectivity index (χ3n) is 3.93. The van der Waals surface area contributed by atoms with Gasteiger partial charge in [-0.2, -0.15) is 0 Å². The number of urea groups is 1. The lowest BCUT2D eigenvalue weighted by atomic mass is 10.2. The van der Waals surface area contributed by atoms with Crippen LogP contribution in [-0.4, -0.2) is 37.1 Å². The quantitative estimate of drug-likeness (QED) is 0.848.